The van der Waals surface area contributed by atoms with E-state index in [-0.39, 0.29) is 23.6 Å². The molecule has 2 aromatic carbocycles. The van der Waals surface area contributed by atoms with E-state index in [4.69, 9.17) is 4.74 Å². The molecule has 0 radical (unpaired) electrons. The highest BCUT2D eigenvalue weighted by molar-refractivity contribution is 7.13. The second-order valence-electron chi connectivity index (χ2n) is 8.97. The Morgan fingerprint density at radius 1 is 1.07 bits per heavy atom. The smallest absolute Gasteiger partial charge is 0.282 e. The Bertz CT molecular complexity index is 1940. The number of thiazole rings is 1. The molecule has 40 heavy (non-hydrogen) atoms. The molecule has 0 aliphatic carbocycles. The van der Waals surface area contributed by atoms with Crippen LogP contribution in [0.3, 0.4) is 0 Å². The Balaban J connectivity index is 1.27. The van der Waals surface area contributed by atoms with Crippen LogP contribution in [-0.4, -0.2) is 34.7 Å². The van der Waals surface area contributed by atoms with E-state index in [9.17, 15) is 14.0 Å². The number of halogens is 2. The first kappa shape index (κ1) is 25.3. The van der Waals surface area contributed by atoms with Crippen LogP contribution < -0.4 is 10.3 Å². The van der Waals surface area contributed by atoms with Gasteiger partial charge in [-0.3, -0.25) is 14.3 Å². The van der Waals surface area contributed by atoms with Crippen molar-refractivity contribution >= 4 is 22.6 Å². The normalized spacial score (nSPS) is 11.3. The lowest BCUT2D eigenvalue weighted by Gasteiger charge is -2.09. The molecule has 9 nitrogen and oxygen atoms in total. The summed E-state index contributed by atoms with van der Waals surface area (Å²) in [6, 6.07) is 11.4. The summed E-state index contributed by atoms with van der Waals surface area (Å²) in [7, 11) is 1.64. The van der Waals surface area contributed by atoms with Crippen LogP contribution in [-0.2, 0) is 13.5 Å². The summed E-state index contributed by atoms with van der Waals surface area (Å²) in [6.45, 7) is 1.65. The Morgan fingerprint density at radius 2 is 1.88 bits per heavy atom. The highest BCUT2D eigenvalue weighted by atomic mass is 32.1. The lowest BCUT2D eigenvalue weighted by Crippen LogP contribution is -2.23. The van der Waals surface area contributed by atoms with Gasteiger partial charge in [0.25, 0.3) is 5.56 Å². The fourth-order valence-electron chi connectivity index (χ4n) is 4.55. The first-order chi connectivity index (χ1) is 19.3. The Hall–Kier alpha value is -4.97. The summed E-state index contributed by atoms with van der Waals surface area (Å²) in [6.07, 6.45) is 4.52. The topological polar surface area (TPSA) is 96.3 Å². The summed E-state index contributed by atoms with van der Waals surface area (Å²) in [5.74, 6) is -1.54. The van der Waals surface area contributed by atoms with Crippen LogP contribution in [0.25, 0.3) is 21.8 Å². The van der Waals surface area contributed by atoms with Gasteiger partial charge in [0, 0.05) is 42.5 Å². The number of carbonyl (C=O) groups is 1. The van der Waals surface area contributed by atoms with Gasteiger partial charge < -0.3 is 4.74 Å². The average Bonchev–Trinajstić information content (AvgIpc) is 3.66. The van der Waals surface area contributed by atoms with Gasteiger partial charge in [0.2, 0.25) is 5.88 Å². The summed E-state index contributed by atoms with van der Waals surface area (Å²) in [5.41, 5.74) is 1.96. The van der Waals surface area contributed by atoms with Gasteiger partial charge in [-0.2, -0.15) is 10.1 Å². The molecule has 0 spiro atoms. The van der Waals surface area contributed by atoms with E-state index in [0.29, 0.717) is 22.5 Å². The number of fused-ring (bicyclic) bond motifs is 1. The van der Waals surface area contributed by atoms with Crippen LogP contribution in [0.2, 0.25) is 0 Å². The minimum atomic E-state index is -0.696. The summed E-state index contributed by atoms with van der Waals surface area (Å²) in [4.78, 5) is 34.9. The number of ketones is 1. The summed E-state index contributed by atoms with van der Waals surface area (Å²) in [5, 5.41) is 6.77. The van der Waals surface area contributed by atoms with Crippen molar-refractivity contribution in [2.24, 2.45) is 7.05 Å². The molecule has 0 aliphatic heterocycles. The quantitative estimate of drug-likeness (QED) is 0.252. The van der Waals surface area contributed by atoms with Crippen LogP contribution in [0.5, 0.6) is 11.6 Å². The average molecular weight is 559 g/mol. The molecule has 0 unspecified atom stereocenters. The number of aromatic nitrogens is 6. The number of rotatable bonds is 7. The molecule has 0 aliphatic rings. The van der Waals surface area contributed by atoms with Crippen molar-refractivity contribution in [2.45, 2.75) is 13.3 Å². The zero-order chi connectivity index (χ0) is 28.0. The second-order valence-corrected chi connectivity index (χ2v) is 9.86. The number of hydrogen-bond donors (Lipinski definition) is 0. The summed E-state index contributed by atoms with van der Waals surface area (Å²) >= 11 is 1.44. The van der Waals surface area contributed by atoms with Gasteiger partial charge in [-0.15, -0.1) is 11.3 Å². The zero-order valence-corrected chi connectivity index (χ0v) is 22.0. The SMILES string of the molecule is Cc1c(C(=O)Cc2ccc(Oc3ncnn4ccc(-c5nccs5)c34)c(F)c2)c(=O)n(-c2ccc(F)cc2)n1C. The maximum atomic E-state index is 15.2. The van der Waals surface area contributed by atoms with E-state index in [1.165, 1.54) is 63.4 Å². The van der Waals surface area contributed by atoms with Gasteiger partial charge in [-0.1, -0.05) is 6.07 Å². The number of hydrogen-bond acceptors (Lipinski definition) is 7. The molecule has 0 atom stereocenters. The van der Waals surface area contributed by atoms with E-state index >= 15 is 4.39 Å². The van der Waals surface area contributed by atoms with Gasteiger partial charge in [0.1, 0.15) is 28.2 Å². The predicted octanol–water partition coefficient (Wildman–Crippen LogP) is 5.15. The third-order valence-corrected chi connectivity index (χ3v) is 7.36. The maximum Gasteiger partial charge on any atom is 0.282 e. The first-order valence-electron chi connectivity index (χ1n) is 12.1. The van der Waals surface area contributed by atoms with E-state index < -0.39 is 23.0 Å². The van der Waals surface area contributed by atoms with Gasteiger partial charge in [0.05, 0.1) is 5.69 Å². The predicted molar refractivity (Wildman–Crippen MR) is 144 cm³/mol. The van der Waals surface area contributed by atoms with Crippen molar-refractivity contribution < 1.29 is 18.3 Å². The van der Waals surface area contributed by atoms with Crippen molar-refractivity contribution in [1.29, 1.82) is 0 Å². The molecule has 0 saturated carbocycles. The highest BCUT2D eigenvalue weighted by Crippen LogP contribution is 2.34. The molecule has 200 valence electrons. The second kappa shape index (κ2) is 9.97. The number of ether oxygens (including phenoxy) is 1. The minimum Gasteiger partial charge on any atom is -0.434 e. The Morgan fingerprint density at radius 3 is 2.60 bits per heavy atom. The molecule has 0 saturated heterocycles. The van der Waals surface area contributed by atoms with Crippen LogP contribution >= 0.6 is 11.3 Å². The molecule has 12 heteroatoms. The first-order valence-corrected chi connectivity index (χ1v) is 13.0. The number of Topliss-reactive ketones (excluding diaryl/α,β-unsaturated/α-hetero) is 1. The molecule has 4 aromatic heterocycles. The van der Waals surface area contributed by atoms with Gasteiger partial charge in [0.15, 0.2) is 17.3 Å². The zero-order valence-electron chi connectivity index (χ0n) is 21.2. The fourth-order valence-corrected chi connectivity index (χ4v) is 5.21. The third kappa shape index (κ3) is 4.37. The van der Waals surface area contributed by atoms with Crippen molar-refractivity contribution in [3.8, 4) is 27.9 Å². The summed E-state index contributed by atoms with van der Waals surface area (Å²) < 4.78 is 38.8. The van der Waals surface area contributed by atoms with E-state index in [1.54, 1.807) is 36.9 Å². The van der Waals surface area contributed by atoms with Crippen LogP contribution in [0.1, 0.15) is 21.6 Å². The van der Waals surface area contributed by atoms with Crippen molar-refractivity contribution in [2.75, 3.05) is 0 Å². The largest absolute Gasteiger partial charge is 0.434 e. The molecule has 0 bridgehead atoms. The Kier molecular flexibility index (Phi) is 6.31. The monoisotopic (exact) mass is 558 g/mol. The molecular weight excluding hydrogens is 538 g/mol. The number of nitrogens with zero attached hydrogens (tertiary/aromatic N) is 6. The molecule has 0 fully saturated rings. The molecular formula is C28H20F2N6O3S. The number of benzene rings is 2. The molecule has 6 aromatic rings. The van der Waals surface area contributed by atoms with Gasteiger partial charge in [-0.25, -0.2) is 23.0 Å². The van der Waals surface area contributed by atoms with Crippen LogP contribution in [0, 0.1) is 18.6 Å². The van der Waals surface area contributed by atoms with E-state index in [2.05, 4.69) is 15.1 Å². The van der Waals surface area contributed by atoms with Crippen LogP contribution in [0.15, 0.2) is 77.4 Å². The standard InChI is InChI=1S/C28H20F2N6O3S/c1-16-24(28(38)36(34(16)2)19-6-4-18(29)5-7-19)22(37)14-17-3-8-23(21(30)13-17)39-26-25-20(27-31-10-12-40-27)9-11-35(25)33-15-32-26/h3-13,15H,14H2,1-2H3. The molecule has 0 N–H and O–H groups in total. The van der Waals surface area contributed by atoms with E-state index in [1.807, 2.05) is 11.4 Å². The Labute approximate surface area is 229 Å². The maximum absolute atomic E-state index is 15.2. The minimum absolute atomic E-state index is 0.0149. The molecule has 4 heterocycles. The number of carbonyl (C=O) groups excluding carboxylic acids is 1. The lowest BCUT2D eigenvalue weighted by molar-refractivity contribution is 0.0991. The molecule has 6 rings (SSSR count). The van der Waals surface area contributed by atoms with Crippen LogP contribution in [0.4, 0.5) is 8.78 Å². The highest BCUT2D eigenvalue weighted by Gasteiger charge is 2.23. The van der Waals surface area contributed by atoms with Crippen molar-refractivity contribution in [3.63, 3.8) is 0 Å². The fraction of sp³-hybridized carbons (Fsp3) is 0.107. The van der Waals surface area contributed by atoms with Gasteiger partial charge >= 0.3 is 0 Å². The lowest BCUT2D eigenvalue weighted by atomic mass is 10.0. The third-order valence-electron chi connectivity index (χ3n) is 6.55. The molecule has 0 amide bonds. The van der Waals surface area contributed by atoms with Crippen molar-refractivity contribution in [3.05, 3.63) is 111 Å². The van der Waals surface area contributed by atoms with E-state index in [0.717, 1.165) is 10.6 Å². The van der Waals surface area contributed by atoms with Gasteiger partial charge in [-0.05, 0) is 55.0 Å². The van der Waals surface area contributed by atoms with Crippen molar-refractivity contribution in [1.82, 2.24) is 28.9 Å².